The summed E-state index contributed by atoms with van der Waals surface area (Å²) < 4.78 is 10.3. The second-order valence-electron chi connectivity index (χ2n) is 3.16. The lowest BCUT2D eigenvalue weighted by atomic mass is 10.3. The van der Waals surface area contributed by atoms with Crippen LogP contribution in [0.15, 0.2) is 0 Å². The van der Waals surface area contributed by atoms with Crippen LogP contribution >= 0.6 is 0 Å². The number of carbonyl (C=O) groups is 1. The number of aliphatic hydroxyl groups excluding tert-OH is 1. The van der Waals surface area contributed by atoms with Crippen molar-refractivity contribution in [2.45, 2.75) is 18.9 Å². The maximum atomic E-state index is 11.4. The topological polar surface area (TPSA) is 67.8 Å². The van der Waals surface area contributed by atoms with Crippen LogP contribution < -0.4 is 5.32 Å². The van der Waals surface area contributed by atoms with E-state index in [1.807, 2.05) is 0 Å². The lowest BCUT2D eigenvalue weighted by Gasteiger charge is -2.21. The first-order valence-electron chi connectivity index (χ1n) is 4.92. The molecule has 5 heteroatoms. The first-order valence-corrected chi connectivity index (χ1v) is 4.92. The largest absolute Gasteiger partial charge is 0.396 e. The van der Waals surface area contributed by atoms with E-state index in [0.717, 1.165) is 6.42 Å². The molecule has 0 aromatic carbocycles. The standard InChI is InChI=1S/C9H17NO4/c11-4-2-1-3-10-9(12)8-7-13-5-6-14-8/h8,11H,1-7H2,(H,10,12). The van der Waals surface area contributed by atoms with Crippen LogP contribution in [-0.2, 0) is 14.3 Å². The Hall–Kier alpha value is -0.650. The summed E-state index contributed by atoms with van der Waals surface area (Å²) in [5, 5.41) is 11.3. The molecule has 14 heavy (non-hydrogen) atoms. The molecule has 0 spiro atoms. The Labute approximate surface area is 83.4 Å². The first kappa shape index (κ1) is 11.4. The Kier molecular flexibility index (Phi) is 5.51. The van der Waals surface area contributed by atoms with E-state index in [4.69, 9.17) is 14.6 Å². The minimum atomic E-state index is -0.460. The van der Waals surface area contributed by atoms with Crippen molar-refractivity contribution in [2.75, 3.05) is 33.0 Å². The van der Waals surface area contributed by atoms with Gasteiger partial charge in [-0.3, -0.25) is 4.79 Å². The van der Waals surface area contributed by atoms with E-state index in [-0.39, 0.29) is 12.5 Å². The predicted octanol–water partition coefficient (Wildman–Crippen LogP) is -0.710. The molecule has 1 rings (SSSR count). The molecule has 1 fully saturated rings. The Balaban J connectivity index is 2.07. The molecule has 82 valence electrons. The van der Waals surface area contributed by atoms with Crippen molar-refractivity contribution in [3.63, 3.8) is 0 Å². The van der Waals surface area contributed by atoms with Crippen molar-refractivity contribution >= 4 is 5.91 Å². The number of unbranched alkanes of at least 4 members (excludes halogenated alkanes) is 1. The lowest BCUT2D eigenvalue weighted by molar-refractivity contribution is -0.147. The maximum Gasteiger partial charge on any atom is 0.251 e. The van der Waals surface area contributed by atoms with Gasteiger partial charge in [-0.1, -0.05) is 0 Å². The fraction of sp³-hybridized carbons (Fsp3) is 0.889. The molecule has 1 amide bonds. The van der Waals surface area contributed by atoms with Crippen molar-refractivity contribution in [1.29, 1.82) is 0 Å². The zero-order chi connectivity index (χ0) is 10.2. The summed E-state index contributed by atoms with van der Waals surface area (Å²) in [5.41, 5.74) is 0. The molecule has 1 aliphatic rings. The zero-order valence-corrected chi connectivity index (χ0v) is 8.20. The molecule has 5 nitrogen and oxygen atoms in total. The van der Waals surface area contributed by atoms with Gasteiger partial charge >= 0.3 is 0 Å². The number of rotatable bonds is 5. The normalized spacial score (nSPS) is 21.9. The quantitative estimate of drug-likeness (QED) is 0.579. The molecule has 0 saturated carbocycles. The van der Waals surface area contributed by atoms with Gasteiger partial charge in [-0.25, -0.2) is 0 Å². The van der Waals surface area contributed by atoms with Gasteiger partial charge in [-0.2, -0.15) is 0 Å². The van der Waals surface area contributed by atoms with Gasteiger partial charge < -0.3 is 19.9 Å². The number of nitrogens with one attached hydrogen (secondary N) is 1. The third kappa shape index (κ3) is 4.04. The van der Waals surface area contributed by atoms with E-state index >= 15 is 0 Å². The summed E-state index contributed by atoms with van der Waals surface area (Å²) in [4.78, 5) is 11.4. The molecule has 0 radical (unpaired) electrons. The minimum absolute atomic E-state index is 0.123. The van der Waals surface area contributed by atoms with Crippen molar-refractivity contribution < 1.29 is 19.4 Å². The Morgan fingerprint density at radius 2 is 2.29 bits per heavy atom. The van der Waals surface area contributed by atoms with Crippen LogP contribution in [0, 0.1) is 0 Å². The summed E-state index contributed by atoms with van der Waals surface area (Å²) in [5.74, 6) is -0.123. The highest BCUT2D eigenvalue weighted by Gasteiger charge is 2.21. The van der Waals surface area contributed by atoms with E-state index in [1.165, 1.54) is 0 Å². The summed E-state index contributed by atoms with van der Waals surface area (Å²) in [6, 6.07) is 0. The van der Waals surface area contributed by atoms with Crippen molar-refractivity contribution in [2.24, 2.45) is 0 Å². The molecule has 1 heterocycles. The van der Waals surface area contributed by atoms with Gasteiger partial charge in [0, 0.05) is 13.2 Å². The fourth-order valence-corrected chi connectivity index (χ4v) is 1.20. The average molecular weight is 203 g/mol. The number of ether oxygens (including phenoxy) is 2. The second-order valence-corrected chi connectivity index (χ2v) is 3.16. The third-order valence-electron chi connectivity index (χ3n) is 1.99. The first-order chi connectivity index (χ1) is 6.84. The van der Waals surface area contributed by atoms with Crippen LogP contribution in [-0.4, -0.2) is 50.1 Å². The molecule has 2 N–H and O–H groups in total. The average Bonchev–Trinajstić information content (AvgIpc) is 2.25. The molecule has 0 aromatic rings. The Bertz CT molecular complexity index is 168. The van der Waals surface area contributed by atoms with E-state index in [0.29, 0.717) is 32.8 Å². The van der Waals surface area contributed by atoms with Gasteiger partial charge in [-0.15, -0.1) is 0 Å². The summed E-state index contributed by atoms with van der Waals surface area (Å²) >= 11 is 0. The molecule has 0 aromatic heterocycles. The molecule has 1 saturated heterocycles. The van der Waals surface area contributed by atoms with Crippen LogP contribution in [0.4, 0.5) is 0 Å². The summed E-state index contributed by atoms with van der Waals surface area (Å²) in [7, 11) is 0. The molecular weight excluding hydrogens is 186 g/mol. The lowest BCUT2D eigenvalue weighted by Crippen LogP contribution is -2.43. The highest BCUT2D eigenvalue weighted by molar-refractivity contribution is 5.80. The van der Waals surface area contributed by atoms with Gasteiger partial charge in [0.1, 0.15) is 0 Å². The number of hydrogen-bond acceptors (Lipinski definition) is 4. The van der Waals surface area contributed by atoms with E-state index in [2.05, 4.69) is 5.32 Å². The van der Waals surface area contributed by atoms with E-state index in [1.54, 1.807) is 0 Å². The smallest absolute Gasteiger partial charge is 0.251 e. The predicted molar refractivity (Wildman–Crippen MR) is 49.9 cm³/mol. The maximum absolute atomic E-state index is 11.4. The van der Waals surface area contributed by atoms with Crippen molar-refractivity contribution in [3.8, 4) is 0 Å². The molecule has 1 unspecified atom stereocenters. The van der Waals surface area contributed by atoms with Crippen LogP contribution in [0.5, 0.6) is 0 Å². The third-order valence-corrected chi connectivity index (χ3v) is 1.99. The van der Waals surface area contributed by atoms with Crippen LogP contribution in [0.25, 0.3) is 0 Å². The SMILES string of the molecule is O=C(NCCCCO)C1COCCO1. The fourth-order valence-electron chi connectivity index (χ4n) is 1.20. The Morgan fingerprint density at radius 3 is 2.93 bits per heavy atom. The highest BCUT2D eigenvalue weighted by Crippen LogP contribution is 2.00. The van der Waals surface area contributed by atoms with Gasteiger partial charge in [0.05, 0.1) is 19.8 Å². The molecule has 1 aliphatic heterocycles. The van der Waals surface area contributed by atoms with Crippen molar-refractivity contribution in [3.05, 3.63) is 0 Å². The van der Waals surface area contributed by atoms with E-state index < -0.39 is 6.10 Å². The van der Waals surface area contributed by atoms with Gasteiger partial charge in [-0.05, 0) is 12.8 Å². The highest BCUT2D eigenvalue weighted by atomic mass is 16.6. The van der Waals surface area contributed by atoms with Crippen LogP contribution in [0.2, 0.25) is 0 Å². The van der Waals surface area contributed by atoms with Gasteiger partial charge in [0.15, 0.2) is 6.10 Å². The molecule has 0 bridgehead atoms. The van der Waals surface area contributed by atoms with Gasteiger partial charge in [0.2, 0.25) is 0 Å². The molecule has 1 atom stereocenters. The molecular formula is C9H17NO4. The number of carbonyl (C=O) groups excluding carboxylic acids is 1. The Morgan fingerprint density at radius 1 is 1.43 bits per heavy atom. The summed E-state index contributed by atoms with van der Waals surface area (Å²) in [6.45, 7) is 2.13. The van der Waals surface area contributed by atoms with E-state index in [9.17, 15) is 4.79 Å². The summed E-state index contributed by atoms with van der Waals surface area (Å²) in [6.07, 6.45) is 1.04. The number of aliphatic hydroxyl groups is 1. The minimum Gasteiger partial charge on any atom is -0.396 e. The van der Waals surface area contributed by atoms with Crippen molar-refractivity contribution in [1.82, 2.24) is 5.32 Å². The number of hydrogen-bond donors (Lipinski definition) is 2. The second kappa shape index (κ2) is 6.75. The monoisotopic (exact) mass is 203 g/mol. The van der Waals surface area contributed by atoms with Crippen LogP contribution in [0.3, 0.4) is 0 Å². The number of amides is 1. The van der Waals surface area contributed by atoms with Gasteiger partial charge in [0.25, 0.3) is 5.91 Å². The zero-order valence-electron chi connectivity index (χ0n) is 8.20. The van der Waals surface area contributed by atoms with Crippen LogP contribution in [0.1, 0.15) is 12.8 Å². The molecule has 0 aliphatic carbocycles.